The second-order valence-corrected chi connectivity index (χ2v) is 9.75. The normalized spacial score (nSPS) is 30.9. The fourth-order valence-corrected chi connectivity index (χ4v) is 6.47. The Hall–Kier alpha value is -0.830. The maximum Gasteiger partial charge on any atom is 0.435 e. The summed E-state index contributed by atoms with van der Waals surface area (Å²) in [5, 5.41) is 3.47. The van der Waals surface area contributed by atoms with Crippen LogP contribution >= 0.6 is 11.8 Å². The van der Waals surface area contributed by atoms with E-state index in [0.717, 1.165) is 36.7 Å². The molecule has 1 spiro atoms. The zero-order valence-corrected chi connectivity index (χ0v) is 16.7. The number of halogens is 5. The largest absolute Gasteiger partial charge is 0.435 e. The molecule has 1 aromatic heterocycles. The van der Waals surface area contributed by atoms with E-state index < -0.39 is 24.8 Å². The summed E-state index contributed by atoms with van der Waals surface area (Å²) in [6.45, 7) is 3.30. The first-order chi connectivity index (χ1) is 13.2. The number of alkyl halides is 5. The molecule has 0 amide bonds. The Morgan fingerprint density at radius 3 is 2.43 bits per heavy atom. The highest BCUT2D eigenvalue weighted by Gasteiger charge is 2.45. The lowest BCUT2D eigenvalue weighted by molar-refractivity contribution is -0.141. The predicted octanol–water partition coefficient (Wildman–Crippen LogP) is 4.88. The monoisotopic (exact) mass is 423 g/mol. The number of thioether (sulfide) groups is 1. The van der Waals surface area contributed by atoms with Gasteiger partial charge >= 0.3 is 6.18 Å². The number of rotatable bonds is 4. The molecule has 0 aromatic carbocycles. The molecule has 0 radical (unpaired) electrons. The zero-order chi connectivity index (χ0) is 20.1. The lowest BCUT2D eigenvalue weighted by Gasteiger charge is -2.48. The van der Waals surface area contributed by atoms with E-state index in [1.807, 2.05) is 18.7 Å². The van der Waals surface area contributed by atoms with Crippen LogP contribution in [-0.4, -0.2) is 51.7 Å². The molecule has 3 atom stereocenters. The van der Waals surface area contributed by atoms with Crippen LogP contribution in [0.25, 0.3) is 0 Å². The van der Waals surface area contributed by atoms with Gasteiger partial charge in [-0.15, -0.1) is 0 Å². The summed E-state index contributed by atoms with van der Waals surface area (Å²) in [4.78, 5) is 2.48. The van der Waals surface area contributed by atoms with Gasteiger partial charge < -0.3 is 4.90 Å². The zero-order valence-electron chi connectivity index (χ0n) is 15.9. The van der Waals surface area contributed by atoms with Crippen molar-refractivity contribution < 1.29 is 22.0 Å². The Labute approximate surface area is 166 Å². The van der Waals surface area contributed by atoms with Crippen LogP contribution in [0.1, 0.15) is 49.9 Å². The van der Waals surface area contributed by atoms with Crippen LogP contribution in [0, 0.1) is 11.3 Å². The molecule has 0 N–H and O–H groups in total. The quantitative estimate of drug-likeness (QED) is 0.645. The molecule has 4 rings (SSSR count). The second kappa shape index (κ2) is 7.45. The lowest BCUT2D eigenvalue weighted by atomic mass is 9.80. The van der Waals surface area contributed by atoms with Crippen molar-refractivity contribution in [3.05, 3.63) is 17.5 Å². The molecule has 158 valence electrons. The van der Waals surface area contributed by atoms with Gasteiger partial charge in [0.15, 0.2) is 5.69 Å². The molecular weight excluding hydrogens is 397 g/mol. The van der Waals surface area contributed by atoms with E-state index >= 15 is 0 Å². The first kappa shape index (κ1) is 20.4. The standard InChI is InChI=1S/C19H26F5N3S/c1-12-6-13(26-4-2-18(3-5-26)10-28-11-18)7-14(12)15-8-16(19(22,23)24)25-27(15)9-17(20)21/h8,12-14,17H,2-7,9-11H2,1H3/t12?,13?,14-/m1/s1. The third-order valence-corrected chi connectivity index (χ3v) is 8.47. The van der Waals surface area contributed by atoms with Gasteiger partial charge in [-0.3, -0.25) is 4.68 Å². The molecule has 2 aliphatic heterocycles. The van der Waals surface area contributed by atoms with Gasteiger partial charge in [-0.25, -0.2) is 8.78 Å². The summed E-state index contributed by atoms with van der Waals surface area (Å²) < 4.78 is 66.1. The Bertz CT molecular complexity index is 690. The summed E-state index contributed by atoms with van der Waals surface area (Å²) in [6, 6.07) is 1.30. The SMILES string of the molecule is CC1CC(N2CCC3(CC2)CSC3)C[C@H]1c1cc(C(F)(F)F)nn1CC(F)F. The van der Waals surface area contributed by atoms with Gasteiger partial charge in [-0.05, 0) is 67.7 Å². The molecule has 2 saturated heterocycles. The molecule has 28 heavy (non-hydrogen) atoms. The molecule has 2 unspecified atom stereocenters. The van der Waals surface area contributed by atoms with Gasteiger partial charge in [0.2, 0.25) is 0 Å². The van der Waals surface area contributed by atoms with E-state index in [0.29, 0.717) is 17.2 Å². The van der Waals surface area contributed by atoms with E-state index in [1.165, 1.54) is 24.3 Å². The van der Waals surface area contributed by atoms with Gasteiger partial charge in [0.25, 0.3) is 6.43 Å². The number of hydrogen-bond donors (Lipinski definition) is 0. The lowest BCUT2D eigenvalue weighted by Crippen LogP contribution is -2.49. The second-order valence-electron chi connectivity index (χ2n) is 8.76. The van der Waals surface area contributed by atoms with E-state index in [4.69, 9.17) is 0 Å². The fourth-order valence-electron chi connectivity index (χ4n) is 5.11. The predicted molar refractivity (Wildman–Crippen MR) is 98.7 cm³/mol. The maximum atomic E-state index is 13.1. The molecule has 3 aliphatic rings. The van der Waals surface area contributed by atoms with Crippen molar-refractivity contribution >= 4 is 11.8 Å². The third-order valence-electron chi connectivity index (χ3n) is 6.84. The highest BCUT2D eigenvalue weighted by atomic mass is 32.2. The molecule has 1 aliphatic carbocycles. The van der Waals surface area contributed by atoms with Crippen LogP contribution in [-0.2, 0) is 12.7 Å². The van der Waals surface area contributed by atoms with Gasteiger partial charge in [0.05, 0.1) is 0 Å². The van der Waals surface area contributed by atoms with E-state index in [-0.39, 0.29) is 11.8 Å². The number of aromatic nitrogens is 2. The number of nitrogens with zero attached hydrogens (tertiary/aromatic N) is 3. The van der Waals surface area contributed by atoms with Crippen LogP contribution in [0.5, 0.6) is 0 Å². The minimum absolute atomic E-state index is 0.148. The molecule has 3 fully saturated rings. The van der Waals surface area contributed by atoms with Crippen molar-refractivity contribution in [1.82, 2.24) is 14.7 Å². The van der Waals surface area contributed by atoms with Crippen molar-refractivity contribution in [2.24, 2.45) is 11.3 Å². The van der Waals surface area contributed by atoms with Crippen molar-refractivity contribution in [1.29, 1.82) is 0 Å². The fraction of sp³-hybridized carbons (Fsp3) is 0.842. The number of hydrogen-bond acceptors (Lipinski definition) is 3. The highest BCUT2D eigenvalue weighted by molar-refractivity contribution is 8.00. The van der Waals surface area contributed by atoms with Gasteiger partial charge in [0.1, 0.15) is 6.54 Å². The van der Waals surface area contributed by atoms with E-state index in [2.05, 4.69) is 10.00 Å². The number of piperidine rings is 1. The van der Waals surface area contributed by atoms with Crippen molar-refractivity contribution in [3.63, 3.8) is 0 Å². The Balaban J connectivity index is 1.49. The average molecular weight is 423 g/mol. The first-order valence-electron chi connectivity index (χ1n) is 9.92. The maximum absolute atomic E-state index is 13.1. The molecule has 1 saturated carbocycles. The highest BCUT2D eigenvalue weighted by Crippen LogP contribution is 2.48. The molecule has 0 bridgehead atoms. The third kappa shape index (κ3) is 3.93. The van der Waals surface area contributed by atoms with Gasteiger partial charge in [-0.2, -0.15) is 30.0 Å². The smallest absolute Gasteiger partial charge is 0.300 e. The summed E-state index contributed by atoms with van der Waals surface area (Å²) >= 11 is 2.00. The summed E-state index contributed by atoms with van der Waals surface area (Å²) in [5.74, 6) is 2.48. The van der Waals surface area contributed by atoms with Gasteiger partial charge in [0, 0.05) is 17.7 Å². The summed E-state index contributed by atoms with van der Waals surface area (Å²) in [6.07, 6.45) is -3.35. The van der Waals surface area contributed by atoms with Crippen molar-refractivity contribution in [2.45, 2.75) is 63.7 Å². The van der Waals surface area contributed by atoms with E-state index in [1.54, 1.807) is 0 Å². The molecule has 3 nitrogen and oxygen atoms in total. The minimum Gasteiger partial charge on any atom is -0.300 e. The molecule has 1 aromatic rings. The average Bonchev–Trinajstić information content (AvgIpc) is 3.16. The molecule has 3 heterocycles. The Morgan fingerprint density at radius 2 is 1.89 bits per heavy atom. The van der Waals surface area contributed by atoms with Gasteiger partial charge in [-0.1, -0.05) is 6.92 Å². The topological polar surface area (TPSA) is 21.1 Å². The van der Waals surface area contributed by atoms with Crippen LogP contribution < -0.4 is 0 Å². The van der Waals surface area contributed by atoms with Crippen LogP contribution in [0.15, 0.2) is 6.07 Å². The first-order valence-corrected chi connectivity index (χ1v) is 11.1. The van der Waals surface area contributed by atoms with Crippen LogP contribution in [0.3, 0.4) is 0 Å². The molecule has 9 heteroatoms. The summed E-state index contributed by atoms with van der Waals surface area (Å²) in [7, 11) is 0. The van der Waals surface area contributed by atoms with Crippen LogP contribution in [0.2, 0.25) is 0 Å². The van der Waals surface area contributed by atoms with E-state index in [9.17, 15) is 22.0 Å². The Kier molecular flexibility index (Phi) is 5.44. The summed E-state index contributed by atoms with van der Waals surface area (Å²) in [5.41, 5.74) is -0.241. The van der Waals surface area contributed by atoms with Crippen molar-refractivity contribution in [2.75, 3.05) is 24.6 Å². The van der Waals surface area contributed by atoms with Crippen LogP contribution in [0.4, 0.5) is 22.0 Å². The van der Waals surface area contributed by atoms with Crippen molar-refractivity contribution in [3.8, 4) is 0 Å². The Morgan fingerprint density at radius 1 is 1.21 bits per heavy atom. The minimum atomic E-state index is -4.62. The molecular formula is C19H26F5N3S. The number of likely N-dealkylation sites (tertiary alicyclic amines) is 1.